The molecule has 0 saturated heterocycles. The monoisotopic (exact) mass is 442 g/mol. The topological polar surface area (TPSA) is 34.5 Å². The zero-order valence-electron chi connectivity index (χ0n) is 19.9. The molecule has 1 unspecified atom stereocenters. The van der Waals surface area contributed by atoms with Crippen molar-refractivity contribution >= 4 is 22.6 Å². The average Bonchev–Trinajstić information content (AvgIpc) is 3.38. The number of hydrogen-bond acceptors (Lipinski definition) is 3. The highest BCUT2D eigenvalue weighted by atomic mass is 16.5. The third-order valence-corrected chi connectivity index (χ3v) is 8.36. The molecule has 6 rings (SSSR count). The smallest absolute Gasteiger partial charge is 0.337 e. The van der Waals surface area contributed by atoms with Crippen LogP contribution in [0.5, 0.6) is 0 Å². The fraction of sp³-hybridized carbons (Fsp3) is 0.483. The molecule has 2 aliphatic heterocycles. The fourth-order valence-electron chi connectivity index (χ4n) is 6.81. The van der Waals surface area contributed by atoms with Gasteiger partial charge in [0.1, 0.15) is 0 Å². The molecule has 1 atom stereocenters. The lowest BCUT2D eigenvalue weighted by Crippen LogP contribution is -2.26. The second-order valence-electron chi connectivity index (χ2n) is 10.1. The molecule has 172 valence electrons. The first-order valence-corrected chi connectivity index (χ1v) is 12.8. The normalized spacial score (nSPS) is 20.3. The van der Waals surface area contributed by atoms with Crippen molar-refractivity contribution in [3.63, 3.8) is 0 Å². The van der Waals surface area contributed by atoms with Crippen LogP contribution in [0.3, 0.4) is 0 Å². The van der Waals surface area contributed by atoms with E-state index in [0.717, 1.165) is 26.1 Å². The molecule has 33 heavy (non-hydrogen) atoms. The number of anilines is 1. The second-order valence-corrected chi connectivity index (χ2v) is 10.1. The van der Waals surface area contributed by atoms with Gasteiger partial charge in [0, 0.05) is 47.7 Å². The molecule has 1 saturated carbocycles. The first-order chi connectivity index (χ1) is 16.2. The van der Waals surface area contributed by atoms with Gasteiger partial charge in [-0.1, -0.05) is 50.5 Å². The number of carbonyl (C=O) groups is 1. The quantitative estimate of drug-likeness (QED) is 0.416. The van der Waals surface area contributed by atoms with Gasteiger partial charge in [-0.25, -0.2) is 4.79 Å². The number of benzene rings is 2. The summed E-state index contributed by atoms with van der Waals surface area (Å²) in [6.07, 6.45) is 8.81. The molecular formula is C29H34N2O2. The molecule has 1 aliphatic carbocycles. The van der Waals surface area contributed by atoms with Crippen molar-refractivity contribution in [2.45, 2.75) is 70.3 Å². The molecule has 3 aromatic rings. The molecule has 3 heterocycles. The van der Waals surface area contributed by atoms with Gasteiger partial charge in [0.15, 0.2) is 0 Å². The Morgan fingerprint density at radius 3 is 2.70 bits per heavy atom. The van der Waals surface area contributed by atoms with E-state index in [-0.39, 0.29) is 5.97 Å². The number of fused-ring (bicyclic) bond motifs is 4. The molecule has 4 nitrogen and oxygen atoms in total. The Balaban J connectivity index is 1.66. The zero-order chi connectivity index (χ0) is 22.5. The van der Waals surface area contributed by atoms with Gasteiger partial charge >= 0.3 is 5.97 Å². The molecule has 1 aromatic heterocycles. The Hall–Kier alpha value is -2.75. The highest BCUT2D eigenvalue weighted by Crippen LogP contribution is 2.51. The van der Waals surface area contributed by atoms with E-state index in [4.69, 9.17) is 4.74 Å². The number of aryl methyl sites for hydroxylation is 1. The molecule has 0 amide bonds. The van der Waals surface area contributed by atoms with E-state index in [1.807, 2.05) is 6.07 Å². The molecular weight excluding hydrogens is 408 g/mol. The van der Waals surface area contributed by atoms with Crippen LogP contribution >= 0.6 is 0 Å². The van der Waals surface area contributed by atoms with E-state index >= 15 is 0 Å². The van der Waals surface area contributed by atoms with Crippen LogP contribution in [0.4, 0.5) is 5.69 Å². The highest BCUT2D eigenvalue weighted by molar-refractivity contribution is 6.00. The lowest BCUT2D eigenvalue weighted by atomic mass is 9.81. The van der Waals surface area contributed by atoms with Gasteiger partial charge in [-0.3, -0.25) is 0 Å². The van der Waals surface area contributed by atoms with Crippen LogP contribution in [0.2, 0.25) is 0 Å². The number of esters is 1. The highest BCUT2D eigenvalue weighted by Gasteiger charge is 2.35. The Kier molecular flexibility index (Phi) is 5.20. The van der Waals surface area contributed by atoms with E-state index in [9.17, 15) is 4.79 Å². The largest absolute Gasteiger partial charge is 0.465 e. The molecule has 4 heteroatoms. The standard InChI is InChI=1S/C29H34N2O2/c1-3-19-18-30-15-8-16-31-25-17-21(29(32)33-2)13-14-23(25)26(20-9-5-4-6-10-20)28(31)24-12-7-11-22(19)27(24)30/h7,11-14,17,19-20H,3-6,8-10,15-16,18H2,1-2H3. The first kappa shape index (κ1) is 20.8. The summed E-state index contributed by atoms with van der Waals surface area (Å²) >= 11 is 0. The number of carbonyl (C=O) groups excluding carboxylic acids is 1. The molecule has 3 aliphatic rings. The van der Waals surface area contributed by atoms with Crippen LogP contribution in [-0.2, 0) is 11.3 Å². The lowest BCUT2D eigenvalue weighted by Gasteiger charge is -2.29. The summed E-state index contributed by atoms with van der Waals surface area (Å²) in [6, 6.07) is 13.2. The Morgan fingerprint density at radius 1 is 1.06 bits per heavy atom. The van der Waals surface area contributed by atoms with Crippen LogP contribution < -0.4 is 4.90 Å². The van der Waals surface area contributed by atoms with Gasteiger partial charge in [-0.2, -0.15) is 0 Å². The van der Waals surface area contributed by atoms with E-state index in [1.165, 1.54) is 84.6 Å². The van der Waals surface area contributed by atoms with Crippen molar-refractivity contribution in [1.29, 1.82) is 0 Å². The summed E-state index contributed by atoms with van der Waals surface area (Å²) in [7, 11) is 1.47. The number of nitrogens with zero attached hydrogens (tertiary/aromatic N) is 2. The minimum absolute atomic E-state index is 0.255. The SMILES string of the molecule is CCC1CN2CCCn3c(c(C4CCCCC4)c4ccc(C(=O)OC)cc43)-c3cccc1c32. The summed E-state index contributed by atoms with van der Waals surface area (Å²) < 4.78 is 7.60. The number of para-hydroxylation sites is 1. The number of aromatic nitrogens is 1. The third kappa shape index (κ3) is 3.21. The maximum absolute atomic E-state index is 12.4. The van der Waals surface area contributed by atoms with E-state index in [0.29, 0.717) is 17.4 Å². The predicted octanol–water partition coefficient (Wildman–Crippen LogP) is 6.86. The van der Waals surface area contributed by atoms with Crippen molar-refractivity contribution in [3.8, 4) is 11.3 Å². The lowest BCUT2D eigenvalue weighted by molar-refractivity contribution is 0.0601. The predicted molar refractivity (Wildman–Crippen MR) is 134 cm³/mol. The number of methoxy groups -OCH3 is 1. The van der Waals surface area contributed by atoms with Gasteiger partial charge in [0.05, 0.1) is 18.4 Å². The summed E-state index contributed by atoms with van der Waals surface area (Å²) in [4.78, 5) is 15.0. The molecule has 0 spiro atoms. The van der Waals surface area contributed by atoms with Gasteiger partial charge in [0.2, 0.25) is 0 Å². The molecule has 1 fully saturated rings. The summed E-state index contributed by atoms with van der Waals surface area (Å²) in [5.41, 5.74) is 9.18. The number of hydrogen-bond donors (Lipinski definition) is 0. The zero-order valence-corrected chi connectivity index (χ0v) is 19.9. The van der Waals surface area contributed by atoms with Gasteiger partial charge in [-0.05, 0) is 54.9 Å². The van der Waals surface area contributed by atoms with Crippen LogP contribution in [0.15, 0.2) is 36.4 Å². The maximum Gasteiger partial charge on any atom is 0.337 e. The first-order valence-electron chi connectivity index (χ1n) is 12.8. The minimum Gasteiger partial charge on any atom is -0.465 e. The van der Waals surface area contributed by atoms with Crippen LogP contribution in [0.25, 0.3) is 22.2 Å². The molecule has 0 bridgehead atoms. The van der Waals surface area contributed by atoms with Crippen molar-refractivity contribution in [3.05, 3.63) is 53.1 Å². The van der Waals surface area contributed by atoms with Crippen molar-refractivity contribution in [2.24, 2.45) is 0 Å². The Labute approximate surface area is 196 Å². The maximum atomic E-state index is 12.4. The minimum atomic E-state index is -0.255. The van der Waals surface area contributed by atoms with Gasteiger partial charge in [0.25, 0.3) is 0 Å². The van der Waals surface area contributed by atoms with Crippen molar-refractivity contribution < 1.29 is 9.53 Å². The Bertz CT molecular complexity index is 1220. The summed E-state index contributed by atoms with van der Waals surface area (Å²) in [6.45, 7) is 5.55. The van der Waals surface area contributed by atoms with Crippen molar-refractivity contribution in [2.75, 3.05) is 25.1 Å². The average molecular weight is 443 g/mol. The summed E-state index contributed by atoms with van der Waals surface area (Å²) in [5.74, 6) is 0.962. The van der Waals surface area contributed by atoms with E-state index < -0.39 is 0 Å². The van der Waals surface area contributed by atoms with Crippen LogP contribution in [-0.4, -0.2) is 30.7 Å². The van der Waals surface area contributed by atoms with Gasteiger partial charge < -0.3 is 14.2 Å². The van der Waals surface area contributed by atoms with Gasteiger partial charge in [-0.15, -0.1) is 0 Å². The number of ether oxygens (including phenoxy) is 1. The third-order valence-electron chi connectivity index (χ3n) is 8.36. The summed E-state index contributed by atoms with van der Waals surface area (Å²) in [5, 5.41) is 1.33. The van der Waals surface area contributed by atoms with Crippen molar-refractivity contribution in [1.82, 2.24) is 4.57 Å². The van der Waals surface area contributed by atoms with Crippen LogP contribution in [0, 0.1) is 0 Å². The van der Waals surface area contributed by atoms with E-state index in [1.54, 1.807) is 0 Å². The molecule has 2 aromatic carbocycles. The second kappa shape index (κ2) is 8.23. The Morgan fingerprint density at radius 2 is 1.91 bits per heavy atom. The van der Waals surface area contributed by atoms with E-state index in [2.05, 4.69) is 46.7 Å². The fourth-order valence-corrected chi connectivity index (χ4v) is 6.81. The van der Waals surface area contributed by atoms with Crippen LogP contribution in [0.1, 0.15) is 85.2 Å². The number of rotatable bonds is 3. The molecule has 0 N–H and O–H groups in total. The molecule has 0 radical (unpaired) electrons.